The minimum Gasteiger partial charge on any atom is -0.438 e. The molecule has 2 aromatic heterocycles. The number of likely N-dealkylation sites (tertiary alicyclic amines) is 1. The molecular weight excluding hydrogens is 394 g/mol. The van der Waals surface area contributed by atoms with Crippen LogP contribution < -0.4 is 0 Å². The van der Waals surface area contributed by atoms with Crippen molar-refractivity contribution in [1.82, 2.24) is 9.88 Å². The van der Waals surface area contributed by atoms with Gasteiger partial charge in [0.1, 0.15) is 23.2 Å². The number of amides is 1. The number of hydrogen-bond acceptors (Lipinski definition) is 4. The molecule has 7 heteroatoms. The number of fused-ring (bicyclic) bond motifs is 1. The summed E-state index contributed by atoms with van der Waals surface area (Å²) in [6.45, 7) is 0.659. The first-order valence-corrected chi connectivity index (χ1v) is 10.2. The Hall–Kier alpha value is -3.06. The van der Waals surface area contributed by atoms with Crippen LogP contribution in [0.2, 0.25) is 0 Å². The van der Waals surface area contributed by atoms with Gasteiger partial charge in [-0.05, 0) is 54.1 Å². The summed E-state index contributed by atoms with van der Waals surface area (Å²) in [5, 5.41) is 1.88. The first-order chi connectivity index (χ1) is 14.1. The summed E-state index contributed by atoms with van der Waals surface area (Å²) < 4.78 is 33.3. The molecule has 0 radical (unpaired) electrons. The van der Waals surface area contributed by atoms with E-state index in [4.69, 9.17) is 4.42 Å². The summed E-state index contributed by atoms with van der Waals surface area (Å²) in [5.74, 6) is -0.776. The second-order valence-corrected chi connectivity index (χ2v) is 7.94. The lowest BCUT2D eigenvalue weighted by atomic mass is 10.0. The Kier molecular flexibility index (Phi) is 4.39. The van der Waals surface area contributed by atoms with Crippen LogP contribution in [-0.4, -0.2) is 22.3 Å². The molecule has 1 amide bonds. The molecule has 1 saturated heterocycles. The molecule has 4 nitrogen and oxygen atoms in total. The zero-order valence-corrected chi connectivity index (χ0v) is 16.1. The molecular formula is C22H16F2N2O2S. The molecule has 1 aliphatic heterocycles. The topological polar surface area (TPSA) is 46.3 Å². The van der Waals surface area contributed by atoms with Gasteiger partial charge < -0.3 is 9.32 Å². The van der Waals surface area contributed by atoms with E-state index in [0.29, 0.717) is 39.5 Å². The Morgan fingerprint density at radius 3 is 2.86 bits per heavy atom. The summed E-state index contributed by atoms with van der Waals surface area (Å²) in [6, 6.07) is 12.1. The highest BCUT2D eigenvalue weighted by Crippen LogP contribution is 2.36. The van der Waals surface area contributed by atoms with Gasteiger partial charge in [0.15, 0.2) is 5.58 Å². The van der Waals surface area contributed by atoms with Crippen molar-refractivity contribution in [3.63, 3.8) is 0 Å². The molecule has 1 fully saturated rings. The highest BCUT2D eigenvalue weighted by Gasteiger charge is 2.34. The van der Waals surface area contributed by atoms with Crippen molar-refractivity contribution in [2.75, 3.05) is 6.54 Å². The zero-order chi connectivity index (χ0) is 20.0. The van der Waals surface area contributed by atoms with E-state index in [0.717, 1.165) is 18.9 Å². The fourth-order valence-electron chi connectivity index (χ4n) is 3.79. The number of oxazole rings is 1. The Morgan fingerprint density at radius 2 is 2.07 bits per heavy atom. The predicted octanol–water partition coefficient (Wildman–Crippen LogP) is 5.81. The first kappa shape index (κ1) is 18.0. The van der Waals surface area contributed by atoms with Crippen molar-refractivity contribution in [3.8, 4) is 11.1 Å². The summed E-state index contributed by atoms with van der Waals surface area (Å²) in [5.41, 5.74) is 2.04. The predicted molar refractivity (Wildman–Crippen MR) is 107 cm³/mol. The molecule has 0 bridgehead atoms. The molecule has 5 rings (SSSR count). The average molecular weight is 410 g/mol. The van der Waals surface area contributed by atoms with Crippen LogP contribution in [0, 0.1) is 11.6 Å². The van der Waals surface area contributed by atoms with E-state index in [1.807, 2.05) is 17.5 Å². The van der Waals surface area contributed by atoms with E-state index in [9.17, 15) is 13.6 Å². The molecule has 29 heavy (non-hydrogen) atoms. The lowest BCUT2D eigenvalue weighted by molar-refractivity contribution is 0.0722. The maximum atomic E-state index is 14.1. The van der Waals surface area contributed by atoms with Gasteiger partial charge in [-0.25, -0.2) is 13.8 Å². The van der Waals surface area contributed by atoms with Crippen molar-refractivity contribution in [2.45, 2.75) is 18.9 Å². The lowest BCUT2D eigenvalue weighted by Gasteiger charge is -2.21. The molecule has 0 saturated carbocycles. The van der Waals surface area contributed by atoms with Crippen LogP contribution >= 0.6 is 11.3 Å². The van der Waals surface area contributed by atoms with Gasteiger partial charge in [0.05, 0.1) is 4.88 Å². The average Bonchev–Trinajstić information content (AvgIpc) is 3.46. The smallest absolute Gasteiger partial charge is 0.264 e. The second-order valence-electron chi connectivity index (χ2n) is 6.99. The highest BCUT2D eigenvalue weighted by molar-refractivity contribution is 7.12. The fraction of sp³-hybridized carbons (Fsp3) is 0.182. The third-order valence-corrected chi connectivity index (χ3v) is 6.03. The summed E-state index contributed by atoms with van der Waals surface area (Å²) in [6.07, 6.45) is 1.66. The largest absolute Gasteiger partial charge is 0.438 e. The molecule has 1 atom stereocenters. The monoisotopic (exact) mass is 410 g/mol. The van der Waals surface area contributed by atoms with Crippen LogP contribution in [0.3, 0.4) is 0 Å². The van der Waals surface area contributed by atoms with Crippen LogP contribution in [0.25, 0.3) is 22.2 Å². The third-order valence-electron chi connectivity index (χ3n) is 5.18. The van der Waals surface area contributed by atoms with E-state index < -0.39 is 11.6 Å². The third kappa shape index (κ3) is 3.21. The summed E-state index contributed by atoms with van der Waals surface area (Å²) >= 11 is 1.42. The number of rotatable bonds is 3. The van der Waals surface area contributed by atoms with Gasteiger partial charge in [-0.2, -0.15) is 0 Å². The number of nitrogens with zero attached hydrogens (tertiary/aromatic N) is 2. The van der Waals surface area contributed by atoms with Gasteiger partial charge in [0.25, 0.3) is 5.91 Å². The Bertz CT molecular complexity index is 1200. The number of hydrogen-bond donors (Lipinski definition) is 0. The van der Waals surface area contributed by atoms with E-state index in [1.165, 1.54) is 23.5 Å². The Labute approximate surface area is 169 Å². The quantitative estimate of drug-likeness (QED) is 0.428. The summed E-state index contributed by atoms with van der Waals surface area (Å²) in [4.78, 5) is 19.9. The Morgan fingerprint density at radius 1 is 1.17 bits per heavy atom. The number of carbonyl (C=O) groups is 1. The zero-order valence-electron chi connectivity index (χ0n) is 15.3. The van der Waals surface area contributed by atoms with Crippen molar-refractivity contribution in [2.24, 2.45) is 0 Å². The van der Waals surface area contributed by atoms with Crippen molar-refractivity contribution in [1.29, 1.82) is 0 Å². The molecule has 1 aliphatic rings. The molecule has 3 heterocycles. The Balaban J connectivity index is 1.49. The van der Waals surface area contributed by atoms with E-state index in [1.54, 1.807) is 23.1 Å². The number of halogens is 2. The molecule has 4 aromatic rings. The van der Waals surface area contributed by atoms with Crippen LogP contribution in [0.15, 0.2) is 58.3 Å². The normalized spacial score (nSPS) is 16.6. The van der Waals surface area contributed by atoms with Gasteiger partial charge >= 0.3 is 0 Å². The number of aromatic nitrogens is 1. The van der Waals surface area contributed by atoms with E-state index in [2.05, 4.69) is 4.98 Å². The maximum Gasteiger partial charge on any atom is 0.264 e. The van der Waals surface area contributed by atoms with Crippen molar-refractivity contribution in [3.05, 3.63) is 76.3 Å². The standard InChI is InChI=1S/C22H16F2N2O2S/c23-14-6-7-15(16(24)12-14)13-5-8-19-17(11-13)25-21(28-19)18-3-1-9-26(18)22(27)20-4-2-10-29-20/h2,4-8,10-12,18H,1,3,9H2. The second kappa shape index (κ2) is 7.08. The molecule has 0 spiro atoms. The SMILES string of the molecule is O=C(c1cccs1)N1CCCC1c1nc2cc(-c3ccc(F)cc3F)ccc2o1. The number of thiophene rings is 1. The van der Waals surface area contributed by atoms with E-state index in [-0.39, 0.29) is 11.9 Å². The van der Waals surface area contributed by atoms with E-state index >= 15 is 0 Å². The van der Waals surface area contributed by atoms with Crippen molar-refractivity contribution >= 4 is 28.3 Å². The van der Waals surface area contributed by atoms with Gasteiger partial charge in [-0.1, -0.05) is 12.1 Å². The first-order valence-electron chi connectivity index (χ1n) is 9.30. The molecule has 0 N–H and O–H groups in total. The molecule has 2 aromatic carbocycles. The highest BCUT2D eigenvalue weighted by atomic mass is 32.1. The molecule has 0 aliphatic carbocycles. The fourth-order valence-corrected chi connectivity index (χ4v) is 4.47. The minimum absolute atomic E-state index is 0.0150. The maximum absolute atomic E-state index is 14.1. The summed E-state index contributed by atoms with van der Waals surface area (Å²) in [7, 11) is 0. The lowest BCUT2D eigenvalue weighted by Crippen LogP contribution is -2.30. The van der Waals surface area contributed by atoms with Crippen LogP contribution in [0.4, 0.5) is 8.78 Å². The van der Waals surface area contributed by atoms with Gasteiger partial charge in [0.2, 0.25) is 5.89 Å². The molecule has 1 unspecified atom stereocenters. The molecule has 146 valence electrons. The van der Waals surface area contributed by atoms with Gasteiger partial charge in [0, 0.05) is 18.2 Å². The van der Waals surface area contributed by atoms with Gasteiger partial charge in [-0.15, -0.1) is 11.3 Å². The van der Waals surface area contributed by atoms with Crippen LogP contribution in [0.1, 0.15) is 34.4 Å². The minimum atomic E-state index is -0.628. The van der Waals surface area contributed by atoms with Crippen LogP contribution in [0.5, 0.6) is 0 Å². The number of carbonyl (C=O) groups excluding carboxylic acids is 1. The number of benzene rings is 2. The van der Waals surface area contributed by atoms with Crippen LogP contribution in [-0.2, 0) is 0 Å². The van der Waals surface area contributed by atoms with Gasteiger partial charge in [-0.3, -0.25) is 4.79 Å². The van der Waals surface area contributed by atoms with Crippen molar-refractivity contribution < 1.29 is 18.0 Å².